The zero-order valence-corrected chi connectivity index (χ0v) is 34.6. The highest BCUT2D eigenvalue weighted by Gasteiger charge is 2.36. The van der Waals surface area contributed by atoms with E-state index in [4.69, 9.17) is 13.8 Å². The molecule has 3 N–H and O–H groups in total. The lowest BCUT2D eigenvalue weighted by Gasteiger charge is -2.25. The first kappa shape index (κ1) is 48.7. The Morgan fingerprint density at radius 3 is 1.96 bits per heavy atom. The van der Waals surface area contributed by atoms with Gasteiger partial charge in [0.25, 0.3) is 0 Å². The first-order valence-corrected chi connectivity index (χ1v) is 21.6. The molecule has 9 nitrogen and oxygen atoms in total. The first-order chi connectivity index (χ1) is 25.5. The molecule has 53 heavy (non-hydrogen) atoms. The van der Waals surface area contributed by atoms with Crippen LogP contribution in [0.25, 0.3) is 0 Å². The second kappa shape index (κ2) is 30.9. The van der Waals surface area contributed by atoms with E-state index in [9.17, 15) is 19.4 Å². The second-order valence-electron chi connectivity index (χ2n) is 14.7. The molecule has 1 amide bonds. The Kier molecular flexibility index (Phi) is 28.4. The number of nitrogens with zero attached hydrogens (tertiary/aromatic N) is 1. The molecule has 0 aromatic carbocycles. The van der Waals surface area contributed by atoms with Crippen molar-refractivity contribution in [3.63, 3.8) is 0 Å². The lowest BCUT2D eigenvalue weighted by atomic mass is 10.1. The topological polar surface area (TPSA) is 118 Å². The number of hydrogen-bond acceptors (Lipinski definition) is 6. The maximum atomic E-state index is 12.8. The lowest BCUT2D eigenvalue weighted by molar-refractivity contribution is -0.870. The second-order valence-corrected chi connectivity index (χ2v) is 16.1. The fourth-order valence-corrected chi connectivity index (χ4v) is 5.91. The maximum Gasteiger partial charge on any atom is 0.472 e. The molecule has 10 heteroatoms. The zero-order chi connectivity index (χ0) is 39.0. The first-order valence-electron chi connectivity index (χ1n) is 20.1. The van der Waals surface area contributed by atoms with Crippen LogP contribution in [0, 0.1) is 0 Å². The van der Waals surface area contributed by atoms with Gasteiger partial charge in [-0.1, -0.05) is 125 Å². The number of rotatable bonds is 33. The number of phosphoric acid groups is 1. The van der Waals surface area contributed by atoms with Crippen molar-refractivity contribution in [2.24, 2.45) is 0 Å². The monoisotopic (exact) mass is 762 g/mol. The number of likely N-dealkylation sites (N-methyl/N-ethyl adjacent to an activating group) is 1. The van der Waals surface area contributed by atoms with Crippen LogP contribution in [0.1, 0.15) is 117 Å². The highest BCUT2D eigenvalue weighted by Crippen LogP contribution is 2.43. The molecule has 3 unspecified atom stereocenters. The Balaban J connectivity index is 2.42. The van der Waals surface area contributed by atoms with Crippen molar-refractivity contribution in [2.45, 2.75) is 141 Å². The van der Waals surface area contributed by atoms with Crippen LogP contribution < -0.4 is 5.32 Å². The van der Waals surface area contributed by atoms with Gasteiger partial charge in [-0.3, -0.25) is 13.8 Å². The highest BCUT2D eigenvalue weighted by molar-refractivity contribution is 7.47. The predicted molar refractivity (Wildman–Crippen MR) is 220 cm³/mol. The number of carbonyl (C=O) groups excluding carboxylic acids is 1. The minimum absolute atomic E-state index is 0.0356. The predicted octanol–water partition coefficient (Wildman–Crippen LogP) is 9.61. The van der Waals surface area contributed by atoms with Crippen LogP contribution >= 0.6 is 7.82 Å². The SMILES string of the molecule is CC/C=C\CC1OC1C/C=C\C/C=C\C/C=C\C/C=C\CCC(=O)N[C@@H](COP(=O)(O)OCC[N+](C)(C)C)[C@H](O)/C=C/CC/C=C\CCCCCCC. The third-order valence-corrected chi connectivity index (χ3v) is 9.50. The molecular weight excluding hydrogens is 687 g/mol. The van der Waals surface area contributed by atoms with Gasteiger partial charge >= 0.3 is 7.82 Å². The van der Waals surface area contributed by atoms with Crippen LogP contribution in [-0.2, 0) is 23.1 Å². The average Bonchev–Trinajstić information content (AvgIpc) is 3.86. The van der Waals surface area contributed by atoms with E-state index in [1.165, 1.54) is 32.1 Å². The summed E-state index contributed by atoms with van der Waals surface area (Å²) in [5.74, 6) is -0.278. The molecule has 0 aromatic rings. The van der Waals surface area contributed by atoms with Gasteiger partial charge in [0.15, 0.2) is 0 Å². The van der Waals surface area contributed by atoms with E-state index in [1.54, 1.807) is 6.08 Å². The van der Waals surface area contributed by atoms with Crippen molar-refractivity contribution in [3.05, 3.63) is 85.1 Å². The largest absolute Gasteiger partial charge is 0.472 e. The van der Waals surface area contributed by atoms with E-state index < -0.39 is 20.0 Å². The molecule has 0 spiro atoms. The number of hydrogen-bond donors (Lipinski definition) is 3. The van der Waals surface area contributed by atoms with Crippen molar-refractivity contribution in [1.29, 1.82) is 0 Å². The molecule has 0 radical (unpaired) electrons. The van der Waals surface area contributed by atoms with E-state index in [0.717, 1.165) is 57.8 Å². The fourth-order valence-electron chi connectivity index (χ4n) is 5.18. The van der Waals surface area contributed by atoms with Crippen LogP contribution in [0.15, 0.2) is 85.1 Å². The molecule has 1 aliphatic heterocycles. The van der Waals surface area contributed by atoms with Gasteiger partial charge in [-0.25, -0.2) is 4.57 Å². The molecule has 0 bridgehead atoms. The van der Waals surface area contributed by atoms with Crippen LogP contribution in [0.5, 0.6) is 0 Å². The van der Waals surface area contributed by atoms with E-state index in [0.29, 0.717) is 29.7 Å². The summed E-state index contributed by atoms with van der Waals surface area (Å²) in [6.07, 6.45) is 44.3. The molecule has 0 aromatic heterocycles. The Labute approximate surface area is 322 Å². The summed E-state index contributed by atoms with van der Waals surface area (Å²) in [7, 11) is 1.48. The van der Waals surface area contributed by atoms with E-state index in [2.05, 4.69) is 79.9 Å². The van der Waals surface area contributed by atoms with Gasteiger partial charge in [-0.15, -0.1) is 0 Å². The summed E-state index contributed by atoms with van der Waals surface area (Å²) in [5, 5.41) is 13.7. The van der Waals surface area contributed by atoms with Gasteiger partial charge in [0.05, 0.1) is 52.1 Å². The highest BCUT2D eigenvalue weighted by atomic mass is 31.2. The van der Waals surface area contributed by atoms with Crippen LogP contribution in [-0.4, -0.2) is 85.6 Å². The number of quaternary nitrogens is 1. The fraction of sp³-hybridized carbons (Fsp3) is 0.651. The summed E-state index contributed by atoms with van der Waals surface area (Å²) >= 11 is 0. The van der Waals surface area contributed by atoms with Crippen LogP contribution in [0.4, 0.5) is 0 Å². The van der Waals surface area contributed by atoms with Gasteiger partial charge in [0.1, 0.15) is 13.2 Å². The van der Waals surface area contributed by atoms with Gasteiger partial charge in [0.2, 0.25) is 5.91 Å². The number of aliphatic hydroxyl groups is 1. The van der Waals surface area contributed by atoms with E-state index >= 15 is 0 Å². The van der Waals surface area contributed by atoms with Crippen molar-refractivity contribution in [3.8, 4) is 0 Å². The van der Waals surface area contributed by atoms with Gasteiger partial charge in [0, 0.05) is 6.42 Å². The van der Waals surface area contributed by atoms with Gasteiger partial charge in [-0.2, -0.15) is 0 Å². The van der Waals surface area contributed by atoms with Crippen molar-refractivity contribution in [1.82, 2.24) is 5.32 Å². The molecular formula is C43H74N2O7P+. The van der Waals surface area contributed by atoms with Crippen molar-refractivity contribution < 1.29 is 37.6 Å². The summed E-state index contributed by atoms with van der Waals surface area (Å²) < 4.78 is 29.1. The number of unbranched alkanes of at least 4 members (excludes halogenated alkanes) is 6. The molecule has 0 aliphatic carbocycles. The van der Waals surface area contributed by atoms with Crippen LogP contribution in [0.3, 0.4) is 0 Å². The number of aliphatic hydroxyl groups excluding tert-OH is 1. The number of carbonyl (C=O) groups is 1. The Morgan fingerprint density at radius 1 is 0.755 bits per heavy atom. The molecule has 0 saturated carbocycles. The molecule has 302 valence electrons. The zero-order valence-electron chi connectivity index (χ0n) is 33.7. The molecule has 1 heterocycles. The summed E-state index contributed by atoms with van der Waals surface area (Å²) in [4.78, 5) is 23.0. The minimum atomic E-state index is -4.37. The molecule has 5 atom stereocenters. The Morgan fingerprint density at radius 2 is 1.32 bits per heavy atom. The molecule has 1 rings (SSSR count). The van der Waals surface area contributed by atoms with Gasteiger partial charge in [-0.05, 0) is 70.6 Å². The summed E-state index contributed by atoms with van der Waals surface area (Å²) in [6.45, 7) is 4.54. The Hall–Kier alpha value is -2.36. The summed E-state index contributed by atoms with van der Waals surface area (Å²) in [5.41, 5.74) is 0. The quantitative estimate of drug-likeness (QED) is 0.0201. The lowest BCUT2D eigenvalue weighted by Crippen LogP contribution is -2.45. The number of phosphoric ester groups is 1. The molecule has 1 saturated heterocycles. The molecule has 1 fully saturated rings. The van der Waals surface area contributed by atoms with Crippen molar-refractivity contribution in [2.75, 3.05) is 40.9 Å². The third kappa shape index (κ3) is 30.6. The summed E-state index contributed by atoms with van der Waals surface area (Å²) in [6, 6.07) is -0.909. The van der Waals surface area contributed by atoms with Crippen molar-refractivity contribution >= 4 is 13.7 Å². The maximum absolute atomic E-state index is 12.8. The van der Waals surface area contributed by atoms with E-state index in [-0.39, 0.29) is 25.5 Å². The Bertz CT molecular complexity index is 1200. The minimum Gasteiger partial charge on any atom is -0.387 e. The van der Waals surface area contributed by atoms with Crippen LogP contribution in [0.2, 0.25) is 0 Å². The van der Waals surface area contributed by atoms with E-state index in [1.807, 2.05) is 39.4 Å². The average molecular weight is 762 g/mol. The molecule has 1 aliphatic rings. The number of ether oxygens (including phenoxy) is 1. The third-order valence-electron chi connectivity index (χ3n) is 8.51. The van der Waals surface area contributed by atoms with Gasteiger partial charge < -0.3 is 24.5 Å². The number of epoxide rings is 1. The standard InChI is InChI=1S/C43H73N2O7P/c1-6-8-10-11-12-13-16-19-22-25-29-32-40(46)39(38-51-53(48,49)50-37-36-45(3,4)5)44-43(47)35-31-27-24-21-18-15-14-17-20-23-26-30-34-42-41(52-42)33-28-9-7-2/h9,15-20,24,26-30,32,39-42,46H,6-8,10-14,21-23,25,31,33-38H2,1-5H3,(H-,44,47,48,49)/p+1/b18-15-,19-16-,20-17-,27-24-,28-9-,30-26-,32-29+/t39-,40+,41?,42?/m0/s1. The number of amides is 1. The number of nitrogens with one attached hydrogen (secondary N) is 1. The smallest absolute Gasteiger partial charge is 0.387 e. The normalized spacial score (nSPS) is 19.2. The number of allylic oxidation sites excluding steroid dienone is 11.